The van der Waals surface area contributed by atoms with Crippen molar-refractivity contribution in [2.75, 3.05) is 0 Å². The lowest BCUT2D eigenvalue weighted by atomic mass is 9.74. The van der Waals surface area contributed by atoms with Crippen molar-refractivity contribution in [3.63, 3.8) is 0 Å². The van der Waals surface area contributed by atoms with Gasteiger partial charge in [0, 0.05) is 16.5 Å². The Morgan fingerprint density at radius 2 is 2.08 bits per heavy atom. The third-order valence-corrected chi connectivity index (χ3v) is 5.68. The second kappa shape index (κ2) is 5.46. The number of hydrogen-bond donors (Lipinski definition) is 1. The van der Waals surface area contributed by atoms with Gasteiger partial charge >= 0.3 is 0 Å². The molecule has 0 aromatic heterocycles. The minimum atomic E-state index is -0.529. The molecule has 0 saturated carbocycles. The van der Waals surface area contributed by atoms with E-state index < -0.39 is 11.5 Å². The Labute approximate surface area is 150 Å². The van der Waals surface area contributed by atoms with E-state index in [1.165, 1.54) is 6.07 Å². The first-order valence-electron chi connectivity index (χ1n) is 8.39. The molecule has 4 rings (SSSR count). The van der Waals surface area contributed by atoms with Crippen LogP contribution in [-0.2, 0) is 6.42 Å². The molecule has 5 heteroatoms. The molecule has 0 saturated heterocycles. The molecule has 2 aromatic carbocycles. The number of para-hydroxylation sites is 1. The highest BCUT2D eigenvalue weighted by Gasteiger charge is 2.48. The van der Waals surface area contributed by atoms with Gasteiger partial charge in [0.25, 0.3) is 5.91 Å². The standard InChI is InChI=1S/C20H19ClFNO2/c1-20(2)17(13-4-3-5-14(19(23)24)18(13)25-20)12-7-6-11-15(12)8-10(21)9-16(11)22/h3-5,8-9,12,17H,6-7H2,1-2H3,(H2,23,24)/t12-,17?/m0/s1. The molecule has 2 N–H and O–H groups in total. The van der Waals surface area contributed by atoms with Gasteiger partial charge in [-0.05, 0) is 61.9 Å². The number of halogens is 2. The number of rotatable bonds is 2. The fourth-order valence-corrected chi connectivity index (χ4v) is 4.74. The van der Waals surface area contributed by atoms with E-state index in [2.05, 4.69) is 0 Å². The van der Waals surface area contributed by atoms with Crippen LogP contribution in [0.5, 0.6) is 5.75 Å². The molecule has 0 radical (unpaired) electrons. The zero-order chi connectivity index (χ0) is 17.9. The van der Waals surface area contributed by atoms with Gasteiger partial charge in [-0.1, -0.05) is 23.7 Å². The molecule has 2 atom stereocenters. The van der Waals surface area contributed by atoms with Gasteiger partial charge in [-0.2, -0.15) is 0 Å². The number of ether oxygens (including phenoxy) is 1. The summed E-state index contributed by atoms with van der Waals surface area (Å²) in [5.74, 6) is -0.105. The van der Waals surface area contributed by atoms with Crippen molar-refractivity contribution in [1.29, 1.82) is 0 Å². The molecule has 1 unspecified atom stereocenters. The summed E-state index contributed by atoms with van der Waals surface area (Å²) in [5, 5.41) is 0.408. The van der Waals surface area contributed by atoms with E-state index in [-0.39, 0.29) is 17.7 Å². The lowest BCUT2D eigenvalue weighted by Crippen LogP contribution is -2.33. The normalized spacial score (nSPS) is 23.0. The molecule has 1 heterocycles. The Morgan fingerprint density at radius 1 is 1.32 bits per heavy atom. The molecule has 25 heavy (non-hydrogen) atoms. The number of primary amides is 1. The third kappa shape index (κ3) is 2.43. The van der Waals surface area contributed by atoms with Crippen LogP contribution in [-0.4, -0.2) is 11.5 Å². The average molecular weight is 360 g/mol. The molecular weight excluding hydrogens is 341 g/mol. The molecule has 1 amide bonds. The average Bonchev–Trinajstić information content (AvgIpc) is 3.03. The maximum Gasteiger partial charge on any atom is 0.252 e. The smallest absolute Gasteiger partial charge is 0.252 e. The SMILES string of the molecule is CC1(C)Oc2c(C(N)=O)cccc2C1[C@H]1CCc2c(F)cc(Cl)cc21. The second-order valence-electron chi connectivity index (χ2n) is 7.37. The fraction of sp³-hybridized carbons (Fsp3) is 0.350. The van der Waals surface area contributed by atoms with Gasteiger partial charge in [0.2, 0.25) is 0 Å². The molecule has 1 aliphatic carbocycles. The van der Waals surface area contributed by atoms with Crippen molar-refractivity contribution < 1.29 is 13.9 Å². The number of benzene rings is 2. The summed E-state index contributed by atoms with van der Waals surface area (Å²) in [7, 11) is 0. The summed E-state index contributed by atoms with van der Waals surface area (Å²) >= 11 is 6.11. The molecule has 3 nitrogen and oxygen atoms in total. The number of carbonyl (C=O) groups is 1. The fourth-order valence-electron chi connectivity index (χ4n) is 4.53. The van der Waals surface area contributed by atoms with Gasteiger partial charge < -0.3 is 10.5 Å². The molecule has 1 aliphatic heterocycles. The predicted octanol–water partition coefficient (Wildman–Crippen LogP) is 4.56. The van der Waals surface area contributed by atoms with Crippen molar-refractivity contribution in [3.8, 4) is 5.75 Å². The van der Waals surface area contributed by atoms with E-state index in [0.717, 1.165) is 23.1 Å². The minimum Gasteiger partial charge on any atom is -0.486 e. The first-order valence-corrected chi connectivity index (χ1v) is 8.77. The van der Waals surface area contributed by atoms with E-state index >= 15 is 0 Å². The second-order valence-corrected chi connectivity index (χ2v) is 7.81. The van der Waals surface area contributed by atoms with Crippen molar-refractivity contribution in [1.82, 2.24) is 0 Å². The topological polar surface area (TPSA) is 52.3 Å². The van der Waals surface area contributed by atoms with Crippen LogP contribution in [0, 0.1) is 5.82 Å². The number of carbonyl (C=O) groups excluding carboxylic acids is 1. The highest BCUT2D eigenvalue weighted by atomic mass is 35.5. The van der Waals surface area contributed by atoms with Crippen molar-refractivity contribution in [2.45, 2.75) is 44.1 Å². The lowest BCUT2D eigenvalue weighted by Gasteiger charge is -2.31. The monoisotopic (exact) mass is 359 g/mol. The highest BCUT2D eigenvalue weighted by molar-refractivity contribution is 6.30. The molecular formula is C20H19ClFNO2. The van der Waals surface area contributed by atoms with Gasteiger partial charge in [-0.25, -0.2) is 4.39 Å². The number of hydrogen-bond acceptors (Lipinski definition) is 2. The molecule has 0 spiro atoms. The molecule has 0 bridgehead atoms. The predicted molar refractivity (Wildman–Crippen MR) is 94.9 cm³/mol. The third-order valence-electron chi connectivity index (χ3n) is 5.46. The summed E-state index contributed by atoms with van der Waals surface area (Å²) in [5.41, 5.74) is 8.01. The first kappa shape index (κ1) is 16.4. The van der Waals surface area contributed by atoms with Gasteiger partial charge in [-0.3, -0.25) is 4.79 Å². The van der Waals surface area contributed by atoms with Gasteiger partial charge in [0.15, 0.2) is 0 Å². The van der Waals surface area contributed by atoms with E-state index in [9.17, 15) is 9.18 Å². The van der Waals surface area contributed by atoms with E-state index in [1.54, 1.807) is 6.07 Å². The maximum atomic E-state index is 14.3. The Kier molecular flexibility index (Phi) is 3.58. The van der Waals surface area contributed by atoms with E-state index in [1.807, 2.05) is 32.0 Å². The maximum absolute atomic E-state index is 14.3. The number of fused-ring (bicyclic) bond motifs is 2. The van der Waals surface area contributed by atoms with Crippen LogP contribution in [0.15, 0.2) is 30.3 Å². The Hall–Kier alpha value is -2.07. The molecule has 130 valence electrons. The van der Waals surface area contributed by atoms with Crippen LogP contribution in [0.1, 0.15) is 59.2 Å². The van der Waals surface area contributed by atoms with Crippen LogP contribution in [0.3, 0.4) is 0 Å². The summed E-state index contributed by atoms with van der Waals surface area (Å²) in [4.78, 5) is 11.8. The molecule has 0 fully saturated rings. The van der Waals surface area contributed by atoms with Crippen molar-refractivity contribution in [3.05, 3.63) is 63.4 Å². The largest absolute Gasteiger partial charge is 0.486 e. The minimum absolute atomic E-state index is 0.000849. The quantitative estimate of drug-likeness (QED) is 0.854. The lowest BCUT2D eigenvalue weighted by molar-refractivity contribution is 0.0925. The van der Waals surface area contributed by atoms with Crippen LogP contribution in [0.4, 0.5) is 4.39 Å². The van der Waals surface area contributed by atoms with Crippen LogP contribution < -0.4 is 10.5 Å². The Balaban J connectivity index is 1.87. The van der Waals surface area contributed by atoms with Gasteiger partial charge in [0.1, 0.15) is 17.2 Å². The number of amides is 1. The van der Waals surface area contributed by atoms with E-state index in [0.29, 0.717) is 22.8 Å². The van der Waals surface area contributed by atoms with Crippen LogP contribution >= 0.6 is 11.6 Å². The van der Waals surface area contributed by atoms with Crippen LogP contribution in [0.2, 0.25) is 5.02 Å². The summed E-state index contributed by atoms with van der Waals surface area (Å²) in [6, 6.07) is 8.71. The molecule has 2 aromatic rings. The summed E-state index contributed by atoms with van der Waals surface area (Å²) < 4.78 is 20.5. The van der Waals surface area contributed by atoms with E-state index in [4.69, 9.17) is 22.1 Å². The summed E-state index contributed by atoms with van der Waals surface area (Å²) in [6.45, 7) is 4.00. The van der Waals surface area contributed by atoms with Gasteiger partial charge in [-0.15, -0.1) is 0 Å². The summed E-state index contributed by atoms with van der Waals surface area (Å²) in [6.07, 6.45) is 1.50. The zero-order valence-electron chi connectivity index (χ0n) is 14.1. The molecule has 2 aliphatic rings. The highest BCUT2D eigenvalue weighted by Crippen LogP contribution is 2.56. The number of nitrogens with two attached hydrogens (primary N) is 1. The van der Waals surface area contributed by atoms with Crippen molar-refractivity contribution >= 4 is 17.5 Å². The first-order chi connectivity index (χ1) is 11.8. The Bertz CT molecular complexity index is 894. The van der Waals surface area contributed by atoms with Crippen molar-refractivity contribution in [2.24, 2.45) is 5.73 Å². The van der Waals surface area contributed by atoms with Gasteiger partial charge in [0.05, 0.1) is 5.56 Å². The zero-order valence-corrected chi connectivity index (χ0v) is 14.9. The Morgan fingerprint density at radius 3 is 2.80 bits per heavy atom. The van der Waals surface area contributed by atoms with Crippen LogP contribution in [0.25, 0.3) is 0 Å².